The van der Waals surface area contributed by atoms with E-state index in [1.807, 2.05) is 42.5 Å². The largest absolute Gasteiger partial charge is 0.456 e. The second-order valence-corrected chi connectivity index (χ2v) is 5.37. The SMILES string of the molecule is N#Cc1ccc2c(c1)oc1cc3c(cc12)oc1ccccc13. The molecule has 0 radical (unpaired) electrons. The number of hydrogen-bond acceptors (Lipinski definition) is 3. The van der Waals surface area contributed by atoms with Crippen molar-refractivity contribution in [1.82, 2.24) is 0 Å². The zero-order chi connectivity index (χ0) is 14.7. The lowest BCUT2D eigenvalue weighted by Crippen LogP contribution is -1.72. The Bertz CT molecular complexity index is 1230. The molecule has 22 heavy (non-hydrogen) atoms. The van der Waals surface area contributed by atoms with Crippen LogP contribution in [-0.4, -0.2) is 0 Å². The van der Waals surface area contributed by atoms with Crippen LogP contribution < -0.4 is 0 Å². The first-order chi connectivity index (χ1) is 10.8. The quantitative estimate of drug-likeness (QED) is 0.384. The molecule has 2 aromatic heterocycles. The summed E-state index contributed by atoms with van der Waals surface area (Å²) in [6.45, 7) is 0. The Hall–Kier alpha value is -3.25. The summed E-state index contributed by atoms with van der Waals surface area (Å²) in [5.41, 5.74) is 3.86. The smallest absolute Gasteiger partial charge is 0.136 e. The zero-order valence-electron chi connectivity index (χ0n) is 11.5. The van der Waals surface area contributed by atoms with Gasteiger partial charge in [-0.15, -0.1) is 0 Å². The molecule has 0 aliphatic carbocycles. The monoisotopic (exact) mass is 283 g/mol. The molecule has 102 valence electrons. The highest BCUT2D eigenvalue weighted by molar-refractivity contribution is 6.14. The van der Waals surface area contributed by atoms with Crippen molar-refractivity contribution in [1.29, 1.82) is 5.26 Å². The molecule has 0 N–H and O–H groups in total. The average Bonchev–Trinajstić information content (AvgIpc) is 3.09. The van der Waals surface area contributed by atoms with Crippen LogP contribution in [0.1, 0.15) is 5.56 Å². The zero-order valence-corrected chi connectivity index (χ0v) is 11.5. The maximum absolute atomic E-state index is 9.00. The van der Waals surface area contributed by atoms with Gasteiger partial charge in [0.2, 0.25) is 0 Å². The highest BCUT2D eigenvalue weighted by Gasteiger charge is 2.13. The molecule has 0 aliphatic rings. The second kappa shape index (κ2) is 3.90. The lowest BCUT2D eigenvalue weighted by Gasteiger charge is -1.91. The first kappa shape index (κ1) is 11.4. The summed E-state index contributed by atoms with van der Waals surface area (Å²) in [4.78, 5) is 0. The van der Waals surface area contributed by atoms with Crippen molar-refractivity contribution in [3.8, 4) is 6.07 Å². The summed E-state index contributed by atoms with van der Waals surface area (Å²) in [5, 5.41) is 13.1. The number of nitriles is 1. The van der Waals surface area contributed by atoms with Crippen molar-refractivity contribution in [2.75, 3.05) is 0 Å². The standard InChI is InChI=1S/C19H9NO2/c20-10-11-5-6-13-15-9-18-14(8-19(15)22-17(13)7-11)12-3-1-2-4-16(12)21-18/h1-9H. The molecular formula is C19H9NO2. The molecule has 0 fully saturated rings. The van der Waals surface area contributed by atoms with E-state index in [2.05, 4.69) is 6.07 Å². The minimum absolute atomic E-state index is 0.598. The Labute approximate surface area is 125 Å². The Morgan fingerprint density at radius 1 is 0.636 bits per heavy atom. The van der Waals surface area contributed by atoms with Crippen LogP contribution in [-0.2, 0) is 0 Å². The normalized spacial score (nSPS) is 11.6. The van der Waals surface area contributed by atoms with Crippen LogP contribution in [0.2, 0.25) is 0 Å². The van der Waals surface area contributed by atoms with Gasteiger partial charge in [0.05, 0.1) is 11.6 Å². The van der Waals surface area contributed by atoms with E-state index in [4.69, 9.17) is 14.1 Å². The highest BCUT2D eigenvalue weighted by atomic mass is 16.3. The average molecular weight is 283 g/mol. The predicted molar refractivity (Wildman–Crippen MR) is 85.7 cm³/mol. The maximum Gasteiger partial charge on any atom is 0.136 e. The van der Waals surface area contributed by atoms with Crippen LogP contribution in [0, 0.1) is 11.3 Å². The van der Waals surface area contributed by atoms with Gasteiger partial charge in [0.15, 0.2) is 0 Å². The highest BCUT2D eigenvalue weighted by Crippen LogP contribution is 2.36. The lowest BCUT2D eigenvalue weighted by molar-refractivity contribution is 0.664. The van der Waals surface area contributed by atoms with Crippen molar-refractivity contribution in [2.45, 2.75) is 0 Å². The minimum atomic E-state index is 0.598. The van der Waals surface area contributed by atoms with Crippen LogP contribution in [0.5, 0.6) is 0 Å². The Balaban J connectivity index is 1.96. The predicted octanol–water partition coefficient (Wildman–Crippen LogP) is 5.36. The fraction of sp³-hybridized carbons (Fsp3) is 0. The van der Waals surface area contributed by atoms with Gasteiger partial charge in [-0.3, -0.25) is 0 Å². The molecule has 0 spiro atoms. The van der Waals surface area contributed by atoms with Crippen molar-refractivity contribution in [3.05, 3.63) is 60.2 Å². The molecule has 3 nitrogen and oxygen atoms in total. The summed E-state index contributed by atoms with van der Waals surface area (Å²) in [7, 11) is 0. The van der Waals surface area contributed by atoms with Gasteiger partial charge in [-0.05, 0) is 36.4 Å². The van der Waals surface area contributed by atoms with E-state index in [9.17, 15) is 0 Å². The summed E-state index contributed by atoms with van der Waals surface area (Å²) in [5.74, 6) is 0. The number of rotatable bonds is 0. The molecular weight excluding hydrogens is 274 g/mol. The van der Waals surface area contributed by atoms with E-state index in [0.29, 0.717) is 5.56 Å². The van der Waals surface area contributed by atoms with Crippen LogP contribution in [0.25, 0.3) is 43.9 Å². The fourth-order valence-corrected chi connectivity index (χ4v) is 3.06. The first-order valence-electron chi connectivity index (χ1n) is 7.01. The third kappa shape index (κ3) is 1.39. The summed E-state index contributed by atoms with van der Waals surface area (Å²) in [6.07, 6.45) is 0. The number of para-hydroxylation sites is 1. The fourth-order valence-electron chi connectivity index (χ4n) is 3.06. The number of nitrogens with zero attached hydrogens (tertiary/aromatic N) is 1. The van der Waals surface area contributed by atoms with Crippen LogP contribution in [0.3, 0.4) is 0 Å². The molecule has 0 amide bonds. The maximum atomic E-state index is 9.00. The Kier molecular flexibility index (Phi) is 2.02. The van der Waals surface area contributed by atoms with Crippen molar-refractivity contribution >= 4 is 43.9 Å². The van der Waals surface area contributed by atoms with Gasteiger partial charge in [0.25, 0.3) is 0 Å². The number of hydrogen-bond donors (Lipinski definition) is 0. The molecule has 3 heteroatoms. The van der Waals surface area contributed by atoms with Gasteiger partial charge in [-0.1, -0.05) is 18.2 Å². The number of furan rings is 2. The van der Waals surface area contributed by atoms with E-state index in [1.54, 1.807) is 12.1 Å². The number of benzene rings is 3. The van der Waals surface area contributed by atoms with E-state index >= 15 is 0 Å². The van der Waals surface area contributed by atoms with E-state index in [-0.39, 0.29) is 0 Å². The molecule has 5 aromatic rings. The third-order valence-electron chi connectivity index (χ3n) is 4.10. The summed E-state index contributed by atoms with van der Waals surface area (Å²) < 4.78 is 11.9. The molecule has 0 aliphatic heterocycles. The minimum Gasteiger partial charge on any atom is -0.456 e. The molecule has 0 saturated heterocycles. The van der Waals surface area contributed by atoms with Crippen molar-refractivity contribution in [3.63, 3.8) is 0 Å². The molecule has 2 heterocycles. The Morgan fingerprint density at radius 3 is 2.05 bits per heavy atom. The van der Waals surface area contributed by atoms with Gasteiger partial charge < -0.3 is 8.83 Å². The summed E-state index contributed by atoms with van der Waals surface area (Å²) in [6, 6.07) is 19.7. The van der Waals surface area contributed by atoms with Crippen molar-refractivity contribution < 1.29 is 8.83 Å². The molecule has 0 saturated carbocycles. The van der Waals surface area contributed by atoms with Crippen LogP contribution in [0.4, 0.5) is 0 Å². The Morgan fingerprint density at radius 2 is 1.27 bits per heavy atom. The number of fused-ring (bicyclic) bond motifs is 6. The molecule has 0 unspecified atom stereocenters. The topological polar surface area (TPSA) is 50.1 Å². The molecule has 3 aromatic carbocycles. The van der Waals surface area contributed by atoms with Gasteiger partial charge in [-0.2, -0.15) is 5.26 Å². The van der Waals surface area contributed by atoms with Crippen molar-refractivity contribution in [2.24, 2.45) is 0 Å². The molecule has 5 rings (SSSR count). The van der Waals surface area contributed by atoms with E-state index in [0.717, 1.165) is 43.9 Å². The first-order valence-corrected chi connectivity index (χ1v) is 7.01. The van der Waals surface area contributed by atoms with E-state index in [1.165, 1.54) is 0 Å². The lowest BCUT2D eigenvalue weighted by atomic mass is 10.1. The van der Waals surface area contributed by atoms with Gasteiger partial charge in [0, 0.05) is 21.5 Å². The third-order valence-corrected chi connectivity index (χ3v) is 4.10. The van der Waals surface area contributed by atoms with Crippen LogP contribution >= 0.6 is 0 Å². The second-order valence-electron chi connectivity index (χ2n) is 5.37. The molecule has 0 atom stereocenters. The van der Waals surface area contributed by atoms with Gasteiger partial charge >= 0.3 is 0 Å². The molecule has 0 bridgehead atoms. The van der Waals surface area contributed by atoms with E-state index < -0.39 is 0 Å². The van der Waals surface area contributed by atoms with Gasteiger partial charge in [-0.25, -0.2) is 0 Å². The van der Waals surface area contributed by atoms with Gasteiger partial charge in [0.1, 0.15) is 22.3 Å². The summed E-state index contributed by atoms with van der Waals surface area (Å²) >= 11 is 0. The van der Waals surface area contributed by atoms with Crippen LogP contribution in [0.15, 0.2) is 63.4 Å².